The van der Waals surface area contributed by atoms with E-state index in [1.165, 1.54) is 25.1 Å². The Balaban J connectivity index is 2.17. The van der Waals surface area contributed by atoms with Crippen LogP contribution in [0.5, 0.6) is 0 Å². The average molecular weight is 389 g/mol. The number of amides is 2. The first kappa shape index (κ1) is 19.6. The monoisotopic (exact) mass is 389 g/mol. The first-order valence-corrected chi connectivity index (χ1v) is 8.55. The van der Waals surface area contributed by atoms with E-state index < -0.39 is 23.6 Å². The SMILES string of the molecule is CN(C)C(=O)C(=O)N1CCN=C(c2ccccc2)c2cc(C(F)(F)F)ccc21. The third-order valence-corrected chi connectivity index (χ3v) is 4.34. The molecule has 3 rings (SSSR count). The largest absolute Gasteiger partial charge is 0.416 e. The van der Waals surface area contributed by atoms with Crippen LogP contribution in [0.25, 0.3) is 0 Å². The number of hydrogen-bond acceptors (Lipinski definition) is 3. The van der Waals surface area contributed by atoms with Gasteiger partial charge in [-0.05, 0) is 18.2 Å². The minimum Gasteiger partial charge on any atom is -0.341 e. The molecule has 0 saturated heterocycles. The number of benzene rings is 2. The number of hydrogen-bond donors (Lipinski definition) is 0. The molecule has 5 nitrogen and oxygen atoms in total. The van der Waals surface area contributed by atoms with E-state index in [0.717, 1.165) is 17.0 Å². The van der Waals surface area contributed by atoms with Gasteiger partial charge in [-0.2, -0.15) is 13.2 Å². The van der Waals surface area contributed by atoms with Gasteiger partial charge in [0.2, 0.25) is 0 Å². The van der Waals surface area contributed by atoms with Crippen molar-refractivity contribution in [2.24, 2.45) is 4.99 Å². The summed E-state index contributed by atoms with van der Waals surface area (Å²) in [5.41, 5.74) is 0.542. The van der Waals surface area contributed by atoms with E-state index in [1.54, 1.807) is 30.3 Å². The van der Waals surface area contributed by atoms with E-state index in [2.05, 4.69) is 4.99 Å². The summed E-state index contributed by atoms with van der Waals surface area (Å²) >= 11 is 0. The summed E-state index contributed by atoms with van der Waals surface area (Å²) < 4.78 is 39.9. The fraction of sp³-hybridized carbons (Fsp3) is 0.250. The Morgan fingerprint density at radius 2 is 1.75 bits per heavy atom. The first-order chi connectivity index (χ1) is 13.2. The molecule has 2 amide bonds. The zero-order valence-corrected chi connectivity index (χ0v) is 15.3. The second kappa shape index (κ2) is 7.46. The minimum atomic E-state index is -4.54. The summed E-state index contributed by atoms with van der Waals surface area (Å²) in [5, 5.41) is 0. The molecule has 1 heterocycles. The maximum Gasteiger partial charge on any atom is 0.416 e. The third kappa shape index (κ3) is 3.76. The van der Waals surface area contributed by atoms with Gasteiger partial charge in [-0.15, -0.1) is 0 Å². The highest BCUT2D eigenvalue weighted by Crippen LogP contribution is 2.35. The van der Waals surface area contributed by atoms with Gasteiger partial charge in [0, 0.05) is 31.8 Å². The van der Waals surface area contributed by atoms with Crippen molar-refractivity contribution in [2.45, 2.75) is 6.18 Å². The van der Waals surface area contributed by atoms with E-state index in [9.17, 15) is 22.8 Å². The van der Waals surface area contributed by atoms with Gasteiger partial charge in [-0.25, -0.2) is 0 Å². The van der Waals surface area contributed by atoms with Crippen LogP contribution in [0.3, 0.4) is 0 Å². The molecule has 0 bridgehead atoms. The zero-order chi connectivity index (χ0) is 20.5. The molecule has 0 spiro atoms. The molecule has 28 heavy (non-hydrogen) atoms. The second-order valence-electron chi connectivity index (χ2n) is 6.48. The Kier molecular flexibility index (Phi) is 5.22. The zero-order valence-electron chi connectivity index (χ0n) is 15.3. The Bertz CT molecular complexity index is 937. The summed E-state index contributed by atoms with van der Waals surface area (Å²) in [6.45, 7) is 0.250. The Morgan fingerprint density at radius 3 is 2.36 bits per heavy atom. The second-order valence-corrected chi connectivity index (χ2v) is 6.48. The van der Waals surface area contributed by atoms with Crippen molar-refractivity contribution in [3.63, 3.8) is 0 Å². The molecule has 8 heteroatoms. The van der Waals surface area contributed by atoms with Gasteiger partial charge in [0.1, 0.15) is 0 Å². The minimum absolute atomic E-state index is 0.0904. The van der Waals surface area contributed by atoms with Crippen LogP contribution in [0, 0.1) is 0 Å². The van der Waals surface area contributed by atoms with Gasteiger partial charge in [0.15, 0.2) is 0 Å². The van der Waals surface area contributed by atoms with E-state index in [4.69, 9.17) is 0 Å². The van der Waals surface area contributed by atoms with Crippen molar-refractivity contribution in [3.8, 4) is 0 Å². The molecular formula is C20H18F3N3O2. The van der Waals surface area contributed by atoms with Gasteiger partial charge in [-0.3, -0.25) is 14.6 Å². The summed E-state index contributed by atoms with van der Waals surface area (Å²) in [4.78, 5) is 31.6. The molecule has 2 aromatic carbocycles. The number of anilines is 1. The fourth-order valence-corrected chi connectivity index (χ4v) is 2.97. The lowest BCUT2D eigenvalue weighted by atomic mass is 9.97. The number of likely N-dealkylation sites (N-methyl/N-ethyl adjacent to an activating group) is 1. The predicted octanol–water partition coefficient (Wildman–Crippen LogP) is 2.98. The van der Waals surface area contributed by atoms with E-state index >= 15 is 0 Å². The normalized spacial score (nSPS) is 14.0. The Labute approximate surface area is 160 Å². The first-order valence-electron chi connectivity index (χ1n) is 8.55. The number of halogens is 3. The molecular weight excluding hydrogens is 371 g/mol. The molecule has 0 unspecified atom stereocenters. The maximum absolute atomic E-state index is 13.3. The smallest absolute Gasteiger partial charge is 0.341 e. The average Bonchev–Trinajstić information content (AvgIpc) is 2.86. The van der Waals surface area contributed by atoms with E-state index in [0.29, 0.717) is 11.3 Å². The summed E-state index contributed by atoms with van der Waals surface area (Å²) in [5.74, 6) is -1.57. The van der Waals surface area contributed by atoms with Crippen LogP contribution in [-0.4, -0.2) is 49.6 Å². The number of fused-ring (bicyclic) bond motifs is 1. The highest BCUT2D eigenvalue weighted by atomic mass is 19.4. The number of carbonyl (C=O) groups excluding carboxylic acids is 2. The van der Waals surface area contributed by atoms with Crippen molar-refractivity contribution in [1.29, 1.82) is 0 Å². The lowest BCUT2D eigenvalue weighted by molar-refractivity contribution is -0.142. The van der Waals surface area contributed by atoms with Gasteiger partial charge in [-0.1, -0.05) is 30.3 Å². The van der Waals surface area contributed by atoms with Crippen molar-refractivity contribution >= 4 is 23.2 Å². The Hall–Kier alpha value is -3.16. The summed E-state index contributed by atoms with van der Waals surface area (Å²) in [7, 11) is 2.88. The topological polar surface area (TPSA) is 53.0 Å². The highest BCUT2D eigenvalue weighted by molar-refractivity contribution is 6.40. The quantitative estimate of drug-likeness (QED) is 0.705. The van der Waals surface area contributed by atoms with E-state index in [1.807, 2.05) is 0 Å². The Morgan fingerprint density at radius 1 is 1.07 bits per heavy atom. The van der Waals surface area contributed by atoms with Gasteiger partial charge < -0.3 is 9.80 Å². The number of aliphatic imine (C=N–C) groups is 1. The standard InChI is InChI=1S/C20H18F3N3O2/c1-25(2)18(27)19(28)26-11-10-24-17(13-6-4-3-5-7-13)15-12-14(20(21,22)23)8-9-16(15)26/h3-9,12H,10-11H2,1-2H3. The van der Waals surface area contributed by atoms with Crippen molar-refractivity contribution in [1.82, 2.24) is 4.90 Å². The van der Waals surface area contributed by atoms with Gasteiger partial charge in [0.25, 0.3) is 0 Å². The highest BCUT2D eigenvalue weighted by Gasteiger charge is 2.34. The molecule has 146 valence electrons. The van der Waals surface area contributed by atoms with Gasteiger partial charge in [0.05, 0.1) is 23.5 Å². The number of rotatable bonds is 1. The number of alkyl halides is 3. The molecule has 1 aliphatic rings. The van der Waals surface area contributed by atoms with E-state index in [-0.39, 0.29) is 24.3 Å². The van der Waals surface area contributed by atoms with Gasteiger partial charge >= 0.3 is 18.0 Å². The van der Waals surface area contributed by atoms with Crippen molar-refractivity contribution < 1.29 is 22.8 Å². The summed E-state index contributed by atoms with van der Waals surface area (Å²) in [6.07, 6.45) is -4.54. The van der Waals surface area contributed by atoms with Crippen molar-refractivity contribution in [2.75, 3.05) is 32.1 Å². The fourth-order valence-electron chi connectivity index (χ4n) is 2.97. The number of benzodiazepines with no additional fused rings is 1. The molecule has 0 fully saturated rings. The number of carbonyl (C=O) groups is 2. The van der Waals surface area contributed by atoms with Crippen LogP contribution in [0.4, 0.5) is 18.9 Å². The molecule has 0 radical (unpaired) electrons. The van der Waals surface area contributed by atoms with Crippen LogP contribution in [-0.2, 0) is 15.8 Å². The number of nitrogens with zero attached hydrogens (tertiary/aromatic N) is 3. The molecule has 0 aromatic heterocycles. The third-order valence-electron chi connectivity index (χ3n) is 4.34. The molecule has 1 aliphatic heterocycles. The van der Waals surface area contributed by atoms with Crippen LogP contribution < -0.4 is 4.90 Å². The molecule has 0 atom stereocenters. The molecule has 0 N–H and O–H groups in total. The molecule has 0 aliphatic carbocycles. The maximum atomic E-state index is 13.3. The van der Waals surface area contributed by atoms with Crippen molar-refractivity contribution in [3.05, 3.63) is 65.2 Å². The van der Waals surface area contributed by atoms with Crippen LogP contribution in [0.15, 0.2) is 53.5 Å². The van der Waals surface area contributed by atoms with Crippen LogP contribution >= 0.6 is 0 Å². The van der Waals surface area contributed by atoms with Crippen LogP contribution in [0.1, 0.15) is 16.7 Å². The summed E-state index contributed by atoms with van der Waals surface area (Å²) in [6, 6.07) is 11.9. The molecule has 0 saturated carbocycles. The predicted molar refractivity (Wildman–Crippen MR) is 99.4 cm³/mol. The van der Waals surface area contributed by atoms with Crippen LogP contribution in [0.2, 0.25) is 0 Å². The molecule has 2 aromatic rings. The lowest BCUT2D eigenvalue weighted by Crippen LogP contribution is -2.43. The lowest BCUT2D eigenvalue weighted by Gasteiger charge is -2.24.